The first-order chi connectivity index (χ1) is 12.0. The van der Waals surface area contributed by atoms with Gasteiger partial charge in [0.2, 0.25) is 0 Å². The van der Waals surface area contributed by atoms with Gasteiger partial charge in [0.05, 0.1) is 13.2 Å². The molecule has 3 N–H and O–H groups in total. The topological polar surface area (TPSA) is 114 Å². The third-order valence-electron chi connectivity index (χ3n) is 2.60. The van der Waals surface area contributed by atoms with Crippen LogP contribution in [0.25, 0.3) is 0 Å². The predicted molar refractivity (Wildman–Crippen MR) is 92.4 cm³/mol. The molecule has 8 nitrogen and oxygen atoms in total. The Morgan fingerprint density at radius 1 is 1.08 bits per heavy atom. The molecule has 0 spiro atoms. The Hall–Kier alpha value is -1.87. The molecule has 0 aromatic heterocycles. The van der Waals surface area contributed by atoms with E-state index in [1.54, 1.807) is 13.2 Å². The molecule has 0 aliphatic carbocycles. The van der Waals surface area contributed by atoms with E-state index in [1.165, 1.54) is 0 Å². The quantitative estimate of drug-likeness (QED) is 0.393. The molecule has 0 radical (unpaired) electrons. The number of nitrogens with one attached hydrogen (secondary N) is 1. The first kappa shape index (κ1) is 23.1. The normalized spacial score (nSPS) is 9.84. The highest BCUT2D eigenvalue weighted by atomic mass is 35.5. The molecule has 1 aromatic carbocycles. The van der Waals surface area contributed by atoms with Crippen LogP contribution in [0.2, 0.25) is 5.02 Å². The van der Waals surface area contributed by atoms with Crippen LogP contribution >= 0.6 is 11.6 Å². The molecule has 0 saturated heterocycles. The number of methoxy groups -OCH3 is 1. The van der Waals surface area contributed by atoms with E-state index in [0.717, 1.165) is 31.9 Å². The van der Waals surface area contributed by atoms with Crippen LogP contribution in [0.15, 0.2) is 24.3 Å². The van der Waals surface area contributed by atoms with Crippen LogP contribution in [0.3, 0.4) is 0 Å². The van der Waals surface area contributed by atoms with Gasteiger partial charge in [0.15, 0.2) is 0 Å². The molecule has 25 heavy (non-hydrogen) atoms. The number of benzene rings is 1. The lowest BCUT2D eigenvalue weighted by molar-refractivity contribution is -0.159. The monoisotopic (exact) mass is 377 g/mol. The van der Waals surface area contributed by atoms with Crippen LogP contribution in [-0.4, -0.2) is 68.8 Å². The van der Waals surface area contributed by atoms with Gasteiger partial charge >= 0.3 is 11.9 Å². The molecule has 0 aliphatic heterocycles. The van der Waals surface area contributed by atoms with Crippen LogP contribution in [0.4, 0.5) is 0 Å². The molecule has 0 unspecified atom stereocenters. The number of carboxylic acid groups (broad SMARTS) is 2. The molecule has 0 amide bonds. The van der Waals surface area contributed by atoms with Gasteiger partial charge in [-0.15, -0.1) is 0 Å². The molecule has 1 rings (SSSR count). The van der Waals surface area contributed by atoms with Crippen molar-refractivity contribution in [2.45, 2.75) is 6.42 Å². The largest absolute Gasteiger partial charge is 0.491 e. The zero-order valence-electron chi connectivity index (χ0n) is 14.1. The maximum Gasteiger partial charge on any atom is 0.414 e. The zero-order valence-corrected chi connectivity index (χ0v) is 14.8. The number of aliphatic carboxylic acids is 2. The second-order valence-electron chi connectivity index (χ2n) is 4.62. The molecule has 0 atom stereocenters. The maximum absolute atomic E-state index is 9.10. The second-order valence-corrected chi connectivity index (χ2v) is 5.06. The molecule has 1 aromatic rings. The summed E-state index contributed by atoms with van der Waals surface area (Å²) in [6, 6.07) is 7.35. The highest BCUT2D eigenvalue weighted by molar-refractivity contribution is 6.30. The Bertz CT molecular complexity index is 487. The lowest BCUT2D eigenvalue weighted by Crippen LogP contribution is -2.22. The molecular weight excluding hydrogens is 354 g/mol. The van der Waals surface area contributed by atoms with Crippen LogP contribution < -0.4 is 10.1 Å². The summed E-state index contributed by atoms with van der Waals surface area (Å²) in [5.74, 6) is -2.88. The van der Waals surface area contributed by atoms with Gasteiger partial charge in [-0.3, -0.25) is 0 Å². The fraction of sp³-hybridized carbons (Fsp3) is 0.500. The van der Waals surface area contributed by atoms with E-state index >= 15 is 0 Å². The molecule has 0 saturated carbocycles. The van der Waals surface area contributed by atoms with Gasteiger partial charge in [-0.25, -0.2) is 9.59 Å². The minimum absolute atomic E-state index is 0.532. The summed E-state index contributed by atoms with van der Waals surface area (Å²) in [6.45, 7) is 4.39. The van der Waals surface area contributed by atoms with Crippen LogP contribution in [0.5, 0.6) is 5.75 Å². The van der Waals surface area contributed by atoms with Crippen molar-refractivity contribution in [3.63, 3.8) is 0 Å². The van der Waals surface area contributed by atoms with E-state index in [1.807, 2.05) is 18.2 Å². The van der Waals surface area contributed by atoms with Crippen molar-refractivity contribution in [2.24, 2.45) is 0 Å². The van der Waals surface area contributed by atoms with E-state index < -0.39 is 11.9 Å². The summed E-state index contributed by atoms with van der Waals surface area (Å²) in [5.41, 5.74) is 0. The van der Waals surface area contributed by atoms with Crippen molar-refractivity contribution < 1.29 is 34.0 Å². The van der Waals surface area contributed by atoms with Gasteiger partial charge in [0.1, 0.15) is 12.4 Å². The molecule has 142 valence electrons. The standard InChI is InChI=1S/C14H22ClNO3.C2H2O4/c1-17-8-3-6-16-7-9-18-10-11-19-14-5-2-4-13(15)12-14;3-1(4)2(5)6/h2,4-5,12,16H,3,6-11H2,1H3;(H,3,4)(H,5,6). The molecule has 0 heterocycles. The molecule has 9 heteroatoms. The summed E-state index contributed by atoms with van der Waals surface area (Å²) in [5, 5.41) is 18.7. The summed E-state index contributed by atoms with van der Waals surface area (Å²) < 4.78 is 15.9. The fourth-order valence-corrected chi connectivity index (χ4v) is 1.67. The average molecular weight is 378 g/mol. The summed E-state index contributed by atoms with van der Waals surface area (Å²) >= 11 is 5.85. The fourth-order valence-electron chi connectivity index (χ4n) is 1.49. The van der Waals surface area contributed by atoms with E-state index in [0.29, 0.717) is 24.8 Å². The molecule has 0 fully saturated rings. The Morgan fingerprint density at radius 2 is 1.80 bits per heavy atom. The third kappa shape index (κ3) is 15.4. The van der Waals surface area contributed by atoms with E-state index in [2.05, 4.69) is 5.32 Å². The first-order valence-electron chi connectivity index (χ1n) is 7.59. The van der Waals surface area contributed by atoms with Crippen molar-refractivity contribution in [3.8, 4) is 5.75 Å². The number of carbonyl (C=O) groups is 2. The molecular formula is C16H24ClNO7. The van der Waals surface area contributed by atoms with E-state index in [-0.39, 0.29) is 0 Å². The highest BCUT2D eigenvalue weighted by Crippen LogP contribution is 2.16. The lowest BCUT2D eigenvalue weighted by Gasteiger charge is -2.08. The number of ether oxygens (including phenoxy) is 3. The van der Waals surface area contributed by atoms with Crippen LogP contribution in [0.1, 0.15) is 6.42 Å². The number of hydrogen-bond acceptors (Lipinski definition) is 6. The predicted octanol–water partition coefficient (Wildman–Crippen LogP) is 1.52. The highest BCUT2D eigenvalue weighted by Gasteiger charge is 2.04. The summed E-state index contributed by atoms with van der Waals surface area (Å²) in [7, 11) is 1.71. The molecule has 0 bridgehead atoms. The van der Waals surface area contributed by atoms with E-state index in [4.69, 9.17) is 45.6 Å². The van der Waals surface area contributed by atoms with E-state index in [9.17, 15) is 0 Å². The minimum Gasteiger partial charge on any atom is -0.491 e. The van der Waals surface area contributed by atoms with Gasteiger partial charge in [-0.05, 0) is 31.2 Å². The Kier molecular flexibility index (Phi) is 14.5. The van der Waals surface area contributed by atoms with Crippen LogP contribution in [-0.2, 0) is 19.1 Å². The van der Waals surface area contributed by atoms with Gasteiger partial charge in [-0.1, -0.05) is 17.7 Å². The van der Waals surface area contributed by atoms with Gasteiger partial charge < -0.3 is 29.7 Å². The van der Waals surface area contributed by atoms with Crippen LogP contribution in [0, 0.1) is 0 Å². The Balaban J connectivity index is 0.000000823. The van der Waals surface area contributed by atoms with Crippen molar-refractivity contribution >= 4 is 23.5 Å². The van der Waals surface area contributed by atoms with Gasteiger partial charge in [0.25, 0.3) is 0 Å². The first-order valence-corrected chi connectivity index (χ1v) is 7.97. The SMILES string of the molecule is COCCCNCCOCCOc1cccc(Cl)c1.O=C(O)C(=O)O. The number of hydrogen-bond donors (Lipinski definition) is 3. The second kappa shape index (κ2) is 15.6. The Labute approximate surface area is 151 Å². The number of rotatable bonds is 11. The zero-order chi connectivity index (χ0) is 18.9. The maximum atomic E-state index is 9.10. The lowest BCUT2D eigenvalue weighted by atomic mass is 10.3. The van der Waals surface area contributed by atoms with Crippen molar-refractivity contribution in [2.75, 3.05) is 46.6 Å². The smallest absolute Gasteiger partial charge is 0.414 e. The summed E-state index contributed by atoms with van der Waals surface area (Å²) in [4.78, 5) is 18.2. The number of carboxylic acids is 2. The summed E-state index contributed by atoms with van der Waals surface area (Å²) in [6.07, 6.45) is 1.02. The molecule has 0 aliphatic rings. The average Bonchev–Trinajstić information content (AvgIpc) is 2.57. The number of halogens is 1. The van der Waals surface area contributed by atoms with Crippen molar-refractivity contribution in [1.82, 2.24) is 5.32 Å². The van der Waals surface area contributed by atoms with Gasteiger partial charge in [-0.2, -0.15) is 0 Å². The van der Waals surface area contributed by atoms with Crippen molar-refractivity contribution in [3.05, 3.63) is 29.3 Å². The van der Waals surface area contributed by atoms with Gasteiger partial charge in [0, 0.05) is 25.3 Å². The Morgan fingerprint density at radius 3 is 2.40 bits per heavy atom. The van der Waals surface area contributed by atoms with Crippen molar-refractivity contribution in [1.29, 1.82) is 0 Å². The third-order valence-corrected chi connectivity index (χ3v) is 2.84. The minimum atomic E-state index is -1.82.